The highest BCUT2D eigenvalue weighted by molar-refractivity contribution is 8.04. The number of methoxy groups -OCH3 is 1. The van der Waals surface area contributed by atoms with Gasteiger partial charge in [-0.05, 0) is 31.4 Å². The van der Waals surface area contributed by atoms with Gasteiger partial charge in [0.25, 0.3) is 0 Å². The van der Waals surface area contributed by atoms with Crippen molar-refractivity contribution in [2.75, 3.05) is 32.5 Å². The number of likely N-dealkylation sites (tertiary alicyclic amines) is 1. The zero-order valence-electron chi connectivity index (χ0n) is 20.2. The summed E-state index contributed by atoms with van der Waals surface area (Å²) in [6.07, 6.45) is 4.31. The normalized spacial score (nSPS) is 26.4. The van der Waals surface area contributed by atoms with Crippen LogP contribution in [0.15, 0.2) is 41.1 Å². The lowest BCUT2D eigenvalue weighted by atomic mass is 9.86. The number of pyridine rings is 2. The summed E-state index contributed by atoms with van der Waals surface area (Å²) in [5.74, 6) is -0.417. The first-order valence-corrected chi connectivity index (χ1v) is 14.4. The highest BCUT2D eigenvalue weighted by Gasteiger charge is 2.47. The molecule has 3 atom stereocenters. The van der Waals surface area contributed by atoms with Gasteiger partial charge in [0.15, 0.2) is 0 Å². The third-order valence-corrected chi connectivity index (χ3v) is 9.91. The number of aliphatic hydroxyl groups is 1. The van der Waals surface area contributed by atoms with Crippen LogP contribution in [0.2, 0.25) is 0 Å². The molecule has 2 aromatic heterocycles. The Labute approximate surface area is 218 Å². The van der Waals surface area contributed by atoms with Gasteiger partial charge in [0.2, 0.25) is 21.8 Å². The number of nitrogens with one attached hydrogen (secondary N) is 1. The molecule has 4 N–H and O–H groups in total. The number of amides is 1. The number of hydrogen-bond donors (Lipinski definition) is 3. The molecule has 2 fully saturated rings. The molecule has 0 radical (unpaired) electrons. The van der Waals surface area contributed by atoms with Crippen LogP contribution in [-0.2, 0) is 21.2 Å². The van der Waals surface area contributed by atoms with E-state index in [2.05, 4.69) is 15.3 Å². The SMILES string of the molecule is COc1ccc2ncc(F)c(CCN3C[C@@H](CC4(S(N)(=O)=O)C=C5NC(=O)CSC5=CC4)[C@H](O)C3)c2n1. The molecule has 2 aromatic rings. The summed E-state index contributed by atoms with van der Waals surface area (Å²) in [7, 11) is -2.58. The fourth-order valence-electron chi connectivity index (χ4n) is 5.26. The molecule has 2 aliphatic heterocycles. The second-order valence-corrected chi connectivity index (χ2v) is 12.5. The highest BCUT2D eigenvalue weighted by atomic mass is 32.2. The summed E-state index contributed by atoms with van der Waals surface area (Å²) < 4.78 is 44.0. The van der Waals surface area contributed by atoms with Crippen LogP contribution in [0.1, 0.15) is 18.4 Å². The molecule has 0 saturated carbocycles. The number of sulfonamides is 1. The van der Waals surface area contributed by atoms with Gasteiger partial charge in [0.05, 0.1) is 41.9 Å². The maximum absolute atomic E-state index is 14.7. The Hall–Kier alpha value is -2.58. The van der Waals surface area contributed by atoms with E-state index in [1.807, 2.05) is 4.90 Å². The Morgan fingerprint density at radius 1 is 1.38 bits per heavy atom. The fraction of sp³-hybridized carbons (Fsp3) is 0.458. The minimum Gasteiger partial charge on any atom is -0.481 e. The van der Waals surface area contributed by atoms with Gasteiger partial charge < -0.3 is 20.1 Å². The average molecular weight is 550 g/mol. The van der Waals surface area contributed by atoms with Crippen LogP contribution in [0, 0.1) is 11.7 Å². The summed E-state index contributed by atoms with van der Waals surface area (Å²) >= 11 is 1.36. The quantitative estimate of drug-likeness (QED) is 0.461. The van der Waals surface area contributed by atoms with Crippen molar-refractivity contribution in [3.05, 3.63) is 52.5 Å². The zero-order chi connectivity index (χ0) is 26.4. The molecule has 0 spiro atoms. The largest absolute Gasteiger partial charge is 0.481 e. The zero-order valence-corrected chi connectivity index (χ0v) is 21.8. The fourth-order valence-corrected chi connectivity index (χ4v) is 7.13. The molecular formula is C24H28FN5O5S2. The molecule has 5 rings (SSSR count). The van der Waals surface area contributed by atoms with E-state index in [4.69, 9.17) is 9.88 Å². The van der Waals surface area contributed by atoms with Crippen molar-refractivity contribution >= 4 is 38.7 Å². The Morgan fingerprint density at radius 2 is 2.19 bits per heavy atom. The van der Waals surface area contributed by atoms with Crippen molar-refractivity contribution in [2.45, 2.75) is 30.1 Å². The second-order valence-electron chi connectivity index (χ2n) is 9.62. The Bertz CT molecular complexity index is 1420. The third kappa shape index (κ3) is 5.10. The molecule has 198 valence electrons. The van der Waals surface area contributed by atoms with E-state index in [0.29, 0.717) is 54.2 Å². The summed E-state index contributed by atoms with van der Waals surface area (Å²) in [5, 5.41) is 19.3. The number of β-amino-alcohol motifs (C(OH)–C–C–N with tert-alkyl or cyclic N) is 1. The van der Waals surface area contributed by atoms with Crippen LogP contribution in [0.4, 0.5) is 4.39 Å². The van der Waals surface area contributed by atoms with Gasteiger partial charge in [-0.15, -0.1) is 11.8 Å². The standard InChI is InChI=1S/C24H28FN5O5S2/c1-35-22-3-2-17-23(29-22)15(16(25)10-27-17)5-7-30-11-14(19(31)12-30)8-24(37(26,33)34)6-4-20-18(9-24)28-21(32)13-36-20/h2-4,9-10,14,19,31H,5-8,11-13H2,1H3,(H,28,32)(H2,26,33,34)/t14-,19-,24?/m1/s1. The summed E-state index contributed by atoms with van der Waals surface area (Å²) in [6, 6.07) is 3.38. The molecule has 1 amide bonds. The maximum Gasteiger partial charge on any atom is 0.234 e. The smallest absolute Gasteiger partial charge is 0.234 e. The Balaban J connectivity index is 1.32. The number of ether oxygens (including phenoxy) is 1. The number of carbonyl (C=O) groups excluding carboxylic acids is 1. The summed E-state index contributed by atoms with van der Waals surface area (Å²) in [4.78, 5) is 23.1. The van der Waals surface area contributed by atoms with E-state index < -0.39 is 26.7 Å². The highest BCUT2D eigenvalue weighted by Crippen LogP contribution is 2.42. The predicted octanol–water partition coefficient (Wildman–Crippen LogP) is 1.06. The van der Waals surface area contributed by atoms with E-state index >= 15 is 0 Å². The van der Waals surface area contributed by atoms with Crippen LogP contribution >= 0.6 is 11.8 Å². The van der Waals surface area contributed by atoms with Crippen LogP contribution in [-0.4, -0.2) is 77.6 Å². The molecule has 3 aliphatic rings. The van der Waals surface area contributed by atoms with Crippen LogP contribution in [0.25, 0.3) is 11.0 Å². The lowest BCUT2D eigenvalue weighted by Crippen LogP contribution is -2.47. The van der Waals surface area contributed by atoms with E-state index in [1.165, 1.54) is 31.1 Å². The minimum atomic E-state index is -4.06. The number of carbonyl (C=O) groups is 1. The number of thioether (sulfide) groups is 1. The molecule has 37 heavy (non-hydrogen) atoms. The van der Waals surface area contributed by atoms with Crippen molar-refractivity contribution < 1.29 is 27.4 Å². The third-order valence-electron chi connectivity index (χ3n) is 7.22. The molecule has 0 aromatic carbocycles. The molecular weight excluding hydrogens is 521 g/mol. The number of halogens is 1. The Morgan fingerprint density at radius 3 is 2.95 bits per heavy atom. The number of fused-ring (bicyclic) bond motifs is 2. The molecule has 1 aliphatic carbocycles. The molecule has 13 heteroatoms. The molecule has 0 bridgehead atoms. The maximum atomic E-state index is 14.7. The first kappa shape index (κ1) is 26.0. The predicted molar refractivity (Wildman–Crippen MR) is 138 cm³/mol. The van der Waals surface area contributed by atoms with Crippen molar-refractivity contribution in [3.8, 4) is 5.88 Å². The monoisotopic (exact) mass is 549 g/mol. The Kier molecular flexibility index (Phi) is 7.00. The van der Waals surface area contributed by atoms with E-state index in [0.717, 1.165) is 4.91 Å². The van der Waals surface area contributed by atoms with Gasteiger partial charge in [-0.2, -0.15) is 0 Å². The summed E-state index contributed by atoms with van der Waals surface area (Å²) in [6.45, 7) is 1.17. The molecule has 4 heterocycles. The second kappa shape index (κ2) is 9.95. The number of aliphatic hydroxyl groups excluding tert-OH is 1. The van der Waals surface area contributed by atoms with Crippen LogP contribution < -0.4 is 15.2 Å². The minimum absolute atomic E-state index is 0.0998. The van der Waals surface area contributed by atoms with Crippen LogP contribution in [0.3, 0.4) is 0 Å². The van der Waals surface area contributed by atoms with Crippen molar-refractivity contribution in [1.29, 1.82) is 0 Å². The van der Waals surface area contributed by atoms with Crippen molar-refractivity contribution in [1.82, 2.24) is 20.2 Å². The number of nitrogens with two attached hydrogens (primary N) is 1. The lowest BCUT2D eigenvalue weighted by Gasteiger charge is -2.36. The molecule has 10 nitrogen and oxygen atoms in total. The molecule has 2 saturated heterocycles. The number of rotatable bonds is 7. The van der Waals surface area contributed by atoms with Gasteiger partial charge in [-0.3, -0.25) is 9.78 Å². The van der Waals surface area contributed by atoms with Gasteiger partial charge in [-0.25, -0.2) is 22.9 Å². The van der Waals surface area contributed by atoms with Crippen LogP contribution in [0.5, 0.6) is 5.88 Å². The average Bonchev–Trinajstić information content (AvgIpc) is 3.20. The van der Waals surface area contributed by atoms with Gasteiger partial charge in [0, 0.05) is 42.1 Å². The van der Waals surface area contributed by atoms with Gasteiger partial charge >= 0.3 is 0 Å². The number of allylic oxidation sites excluding steroid dienone is 1. The van der Waals surface area contributed by atoms with E-state index in [1.54, 1.807) is 18.2 Å². The van der Waals surface area contributed by atoms with E-state index in [9.17, 15) is 22.7 Å². The van der Waals surface area contributed by atoms with Gasteiger partial charge in [0.1, 0.15) is 10.6 Å². The van der Waals surface area contributed by atoms with Gasteiger partial charge in [-0.1, -0.05) is 6.08 Å². The number of nitrogens with zero attached hydrogens (tertiary/aromatic N) is 3. The number of hydrogen-bond acceptors (Lipinski definition) is 9. The first-order chi connectivity index (χ1) is 17.6. The number of primary sulfonamides is 1. The molecule has 1 unspecified atom stereocenters. The van der Waals surface area contributed by atoms with Crippen molar-refractivity contribution in [3.63, 3.8) is 0 Å². The topological polar surface area (TPSA) is 148 Å². The van der Waals surface area contributed by atoms with E-state index in [-0.39, 0.29) is 30.4 Å². The number of aromatic nitrogens is 2. The lowest BCUT2D eigenvalue weighted by molar-refractivity contribution is -0.117. The van der Waals surface area contributed by atoms with Crippen molar-refractivity contribution in [2.24, 2.45) is 11.1 Å². The summed E-state index contributed by atoms with van der Waals surface area (Å²) in [5.41, 5.74) is 1.84. The first-order valence-electron chi connectivity index (χ1n) is 11.9.